The van der Waals surface area contributed by atoms with Gasteiger partial charge in [-0.25, -0.2) is 0 Å². The minimum Gasteiger partial charge on any atom is -0.480 e. The molecule has 0 bridgehead atoms. The summed E-state index contributed by atoms with van der Waals surface area (Å²) in [6, 6.07) is 5.55. The predicted molar refractivity (Wildman–Crippen MR) is 68.7 cm³/mol. The van der Waals surface area contributed by atoms with Gasteiger partial charge in [-0.3, -0.25) is 9.78 Å². The third-order valence-corrected chi connectivity index (χ3v) is 3.24. The molecule has 1 heterocycles. The van der Waals surface area contributed by atoms with Crippen LogP contribution < -0.4 is 10.5 Å². The number of pyridine rings is 1. The van der Waals surface area contributed by atoms with E-state index in [-0.39, 0.29) is 0 Å². The summed E-state index contributed by atoms with van der Waals surface area (Å²) in [5, 5.41) is 1.98. The summed E-state index contributed by atoms with van der Waals surface area (Å²) in [5.41, 5.74) is 5.16. The largest absolute Gasteiger partial charge is 0.480 e. The van der Waals surface area contributed by atoms with Crippen molar-refractivity contribution in [2.75, 3.05) is 0 Å². The molecule has 1 aromatic carbocycles. The van der Waals surface area contributed by atoms with Gasteiger partial charge >= 0.3 is 0 Å². The van der Waals surface area contributed by atoms with Gasteiger partial charge in [0.15, 0.2) is 6.10 Å². The predicted octanol–water partition coefficient (Wildman–Crippen LogP) is 2.25. The molecule has 0 spiro atoms. The number of primary amides is 1. The van der Waals surface area contributed by atoms with Crippen molar-refractivity contribution in [2.24, 2.45) is 5.73 Å². The summed E-state index contributed by atoms with van der Waals surface area (Å²) in [6.45, 7) is 1.62. The van der Waals surface area contributed by atoms with Gasteiger partial charge in [0.25, 0.3) is 5.91 Å². The quantitative estimate of drug-likeness (QED) is 0.944. The summed E-state index contributed by atoms with van der Waals surface area (Å²) >= 11 is 3.45. The lowest BCUT2D eigenvalue weighted by atomic mass is 10.2. The average molecular weight is 295 g/mol. The van der Waals surface area contributed by atoms with Crippen molar-refractivity contribution < 1.29 is 9.53 Å². The number of carbonyl (C=O) groups excluding carboxylic acids is 1. The Morgan fingerprint density at radius 1 is 1.47 bits per heavy atom. The minimum atomic E-state index is -0.661. The van der Waals surface area contributed by atoms with Crippen molar-refractivity contribution in [2.45, 2.75) is 13.0 Å². The number of carbonyl (C=O) groups is 1. The van der Waals surface area contributed by atoms with Crippen LogP contribution in [0.5, 0.6) is 5.75 Å². The van der Waals surface area contributed by atoms with Crippen LogP contribution in [0.2, 0.25) is 0 Å². The Morgan fingerprint density at radius 3 is 2.94 bits per heavy atom. The lowest BCUT2D eigenvalue weighted by Crippen LogP contribution is -2.30. The normalized spacial score (nSPS) is 12.4. The number of aromatic nitrogens is 1. The Bertz CT molecular complexity index is 571. The third-order valence-electron chi connectivity index (χ3n) is 2.42. The highest BCUT2D eigenvalue weighted by atomic mass is 79.9. The molecule has 0 saturated heterocycles. The summed E-state index contributed by atoms with van der Waals surface area (Å²) in [7, 11) is 0. The summed E-state index contributed by atoms with van der Waals surface area (Å²) in [4.78, 5) is 15.0. The van der Waals surface area contributed by atoms with Crippen LogP contribution >= 0.6 is 15.9 Å². The zero-order valence-corrected chi connectivity index (χ0v) is 10.8. The van der Waals surface area contributed by atoms with Crippen LogP contribution in [0, 0.1) is 0 Å². The molecule has 0 aliphatic carbocycles. The van der Waals surface area contributed by atoms with Crippen LogP contribution in [0.3, 0.4) is 0 Å². The van der Waals surface area contributed by atoms with Gasteiger partial charge < -0.3 is 10.5 Å². The van der Waals surface area contributed by atoms with Crippen LogP contribution in [-0.4, -0.2) is 17.0 Å². The third kappa shape index (κ3) is 2.39. The monoisotopic (exact) mass is 294 g/mol. The van der Waals surface area contributed by atoms with E-state index in [1.54, 1.807) is 25.4 Å². The van der Waals surface area contributed by atoms with Gasteiger partial charge in [-0.15, -0.1) is 0 Å². The van der Waals surface area contributed by atoms with Gasteiger partial charge in [-0.2, -0.15) is 0 Å². The fourth-order valence-corrected chi connectivity index (χ4v) is 2.04. The smallest absolute Gasteiger partial charge is 0.258 e. The number of amides is 1. The molecule has 0 saturated carbocycles. The van der Waals surface area contributed by atoms with E-state index in [1.807, 2.05) is 12.1 Å². The Morgan fingerprint density at radius 2 is 2.24 bits per heavy atom. The van der Waals surface area contributed by atoms with Gasteiger partial charge in [-0.1, -0.05) is 0 Å². The zero-order chi connectivity index (χ0) is 12.4. The van der Waals surface area contributed by atoms with Crippen molar-refractivity contribution in [3.8, 4) is 5.75 Å². The Balaban J connectivity index is 2.42. The van der Waals surface area contributed by atoms with Crippen molar-refractivity contribution in [1.29, 1.82) is 0 Å². The number of fused-ring (bicyclic) bond motifs is 1. The van der Waals surface area contributed by atoms with Crippen molar-refractivity contribution in [3.05, 3.63) is 35.1 Å². The number of nitrogens with two attached hydrogens (primary N) is 1. The van der Waals surface area contributed by atoms with Gasteiger partial charge in [0.2, 0.25) is 0 Å². The number of hydrogen-bond acceptors (Lipinski definition) is 3. The van der Waals surface area contributed by atoms with Gasteiger partial charge in [0.05, 0.1) is 4.47 Å². The number of ether oxygens (including phenoxy) is 1. The number of benzene rings is 1. The maximum Gasteiger partial charge on any atom is 0.258 e. The van der Waals surface area contributed by atoms with E-state index in [1.165, 1.54) is 0 Å². The fraction of sp³-hybridized carbons (Fsp3) is 0.167. The second-order valence-corrected chi connectivity index (χ2v) is 4.43. The van der Waals surface area contributed by atoms with Gasteiger partial charge in [0.1, 0.15) is 5.75 Å². The molecule has 17 heavy (non-hydrogen) atoms. The Kier molecular flexibility index (Phi) is 3.28. The van der Waals surface area contributed by atoms with E-state index in [0.717, 1.165) is 15.2 Å². The molecule has 2 rings (SSSR count). The molecular weight excluding hydrogens is 284 g/mol. The van der Waals surface area contributed by atoms with E-state index in [4.69, 9.17) is 10.5 Å². The van der Waals surface area contributed by atoms with Crippen LogP contribution in [-0.2, 0) is 4.79 Å². The lowest BCUT2D eigenvalue weighted by Gasteiger charge is -2.13. The first-order valence-corrected chi connectivity index (χ1v) is 5.87. The van der Waals surface area contributed by atoms with Crippen molar-refractivity contribution >= 4 is 32.6 Å². The molecule has 1 aromatic heterocycles. The molecule has 1 unspecified atom stereocenters. The van der Waals surface area contributed by atoms with Crippen LogP contribution in [0.4, 0.5) is 0 Å². The highest BCUT2D eigenvalue weighted by Crippen LogP contribution is 2.33. The molecule has 2 aromatic rings. The van der Waals surface area contributed by atoms with Crippen LogP contribution in [0.15, 0.2) is 35.1 Å². The summed E-state index contributed by atoms with van der Waals surface area (Å²) < 4.78 is 6.27. The van der Waals surface area contributed by atoms with E-state index < -0.39 is 12.0 Å². The molecule has 1 amide bonds. The topological polar surface area (TPSA) is 65.2 Å². The number of nitrogens with zero attached hydrogens (tertiary/aromatic N) is 1. The molecule has 5 heteroatoms. The van der Waals surface area contributed by atoms with E-state index >= 15 is 0 Å². The molecular formula is C12H11BrN2O2. The molecule has 0 aliphatic heterocycles. The van der Waals surface area contributed by atoms with E-state index in [0.29, 0.717) is 5.75 Å². The molecule has 88 valence electrons. The van der Waals surface area contributed by atoms with Gasteiger partial charge in [-0.05, 0) is 41.1 Å². The first-order chi connectivity index (χ1) is 8.09. The highest BCUT2D eigenvalue weighted by Gasteiger charge is 2.13. The first kappa shape index (κ1) is 11.9. The minimum absolute atomic E-state index is 0.494. The van der Waals surface area contributed by atoms with Crippen molar-refractivity contribution in [1.82, 2.24) is 4.98 Å². The number of halogens is 1. The zero-order valence-electron chi connectivity index (χ0n) is 9.18. The first-order valence-electron chi connectivity index (χ1n) is 5.08. The fourth-order valence-electron chi connectivity index (χ4n) is 1.45. The summed E-state index contributed by atoms with van der Waals surface area (Å²) in [6.07, 6.45) is 2.81. The Labute approximate surface area is 107 Å². The van der Waals surface area contributed by atoms with E-state index in [2.05, 4.69) is 20.9 Å². The number of rotatable bonds is 3. The molecule has 2 N–H and O–H groups in total. The van der Waals surface area contributed by atoms with Crippen LogP contribution in [0.25, 0.3) is 10.8 Å². The summed E-state index contributed by atoms with van der Waals surface area (Å²) in [5.74, 6) is 0.0988. The number of hydrogen-bond donors (Lipinski definition) is 1. The molecule has 0 aliphatic rings. The van der Waals surface area contributed by atoms with Gasteiger partial charge in [0, 0.05) is 23.2 Å². The van der Waals surface area contributed by atoms with Crippen molar-refractivity contribution in [3.63, 3.8) is 0 Å². The average Bonchev–Trinajstić information content (AvgIpc) is 2.33. The molecule has 0 radical (unpaired) electrons. The molecule has 1 atom stereocenters. The maximum absolute atomic E-state index is 11.0. The maximum atomic E-state index is 11.0. The second-order valence-electron chi connectivity index (χ2n) is 3.64. The standard InChI is InChI=1S/C12H11BrN2O2/c1-7(12(14)16)17-10-3-2-8-6-15-5-4-9(8)11(10)13/h2-7H,1H3,(H2,14,16). The SMILES string of the molecule is CC(Oc1ccc2cnccc2c1Br)C(N)=O. The molecule has 0 fully saturated rings. The highest BCUT2D eigenvalue weighted by molar-refractivity contribution is 9.10. The molecule has 4 nitrogen and oxygen atoms in total. The van der Waals surface area contributed by atoms with Crippen LogP contribution in [0.1, 0.15) is 6.92 Å². The Hall–Kier alpha value is -1.62. The second kappa shape index (κ2) is 4.71. The lowest BCUT2D eigenvalue weighted by molar-refractivity contribution is -0.123. The van der Waals surface area contributed by atoms with E-state index in [9.17, 15) is 4.79 Å².